The number of imidazole rings is 1. The number of carbonyl (C=O) groups is 1. The molecule has 2 fully saturated rings. The fourth-order valence-electron chi connectivity index (χ4n) is 3.95. The highest BCUT2D eigenvalue weighted by Gasteiger charge is 2.49. The molecule has 2 heterocycles. The molecule has 140 valence electrons. The van der Waals surface area contributed by atoms with Crippen molar-refractivity contribution in [2.75, 3.05) is 38.1 Å². The second kappa shape index (κ2) is 6.58. The molecule has 6 heteroatoms. The Hall–Kier alpha value is -2.08. The van der Waals surface area contributed by atoms with Gasteiger partial charge in [-0.2, -0.15) is 0 Å². The minimum absolute atomic E-state index is 0.0951. The number of aromatic nitrogens is 2. The van der Waals surface area contributed by atoms with Gasteiger partial charge in [-0.05, 0) is 44.4 Å². The minimum Gasteiger partial charge on any atom is -0.367 e. The van der Waals surface area contributed by atoms with Gasteiger partial charge in [-0.25, -0.2) is 9.78 Å². The lowest BCUT2D eigenvalue weighted by Crippen LogP contribution is -2.53. The number of nitrogens with zero attached hydrogens (tertiary/aromatic N) is 4. The van der Waals surface area contributed by atoms with E-state index in [2.05, 4.69) is 47.1 Å². The van der Waals surface area contributed by atoms with E-state index in [0.717, 1.165) is 42.8 Å². The maximum absolute atomic E-state index is 12.5. The number of fused-ring (bicyclic) bond motifs is 1. The van der Waals surface area contributed by atoms with E-state index < -0.39 is 0 Å². The van der Waals surface area contributed by atoms with E-state index in [1.165, 1.54) is 12.8 Å². The third-order valence-electron chi connectivity index (χ3n) is 5.94. The number of nitrogens with one attached hydrogen (secondary N) is 1. The Bertz CT molecular complexity index is 808. The SMILES string of the molecule is CC(C)CCNC(=O)n1cnc2c(N3CCN(C)C4(CC4)C3)cccc21. The van der Waals surface area contributed by atoms with Gasteiger partial charge in [-0.1, -0.05) is 19.9 Å². The van der Waals surface area contributed by atoms with Gasteiger partial charge in [-0.3, -0.25) is 9.47 Å². The van der Waals surface area contributed by atoms with Gasteiger partial charge in [0.15, 0.2) is 0 Å². The second-order valence-corrected chi connectivity index (χ2v) is 8.24. The van der Waals surface area contributed by atoms with Crippen molar-refractivity contribution >= 4 is 22.8 Å². The monoisotopic (exact) mass is 355 g/mol. The number of hydrogen-bond acceptors (Lipinski definition) is 4. The summed E-state index contributed by atoms with van der Waals surface area (Å²) in [6.07, 6.45) is 5.19. The van der Waals surface area contributed by atoms with E-state index in [4.69, 9.17) is 0 Å². The predicted octanol–water partition coefficient (Wildman–Crippen LogP) is 2.92. The fraction of sp³-hybridized carbons (Fsp3) is 0.600. The summed E-state index contributed by atoms with van der Waals surface area (Å²) < 4.78 is 1.64. The van der Waals surface area contributed by atoms with Gasteiger partial charge in [0.1, 0.15) is 11.8 Å². The van der Waals surface area contributed by atoms with Crippen LogP contribution in [0.5, 0.6) is 0 Å². The molecular weight excluding hydrogens is 326 g/mol. The first-order valence-electron chi connectivity index (χ1n) is 9.71. The number of amides is 1. The van der Waals surface area contributed by atoms with E-state index in [9.17, 15) is 4.79 Å². The summed E-state index contributed by atoms with van der Waals surface area (Å²) in [5, 5.41) is 3.00. The van der Waals surface area contributed by atoms with Crippen LogP contribution >= 0.6 is 0 Å². The van der Waals surface area contributed by atoms with Crippen LogP contribution < -0.4 is 10.2 Å². The van der Waals surface area contributed by atoms with E-state index in [-0.39, 0.29) is 6.03 Å². The van der Waals surface area contributed by atoms with Gasteiger partial charge in [0, 0.05) is 31.7 Å². The molecule has 1 amide bonds. The number of piperazine rings is 1. The van der Waals surface area contributed by atoms with E-state index in [1.807, 2.05) is 12.1 Å². The van der Waals surface area contributed by atoms with Crippen molar-refractivity contribution in [2.45, 2.75) is 38.6 Å². The van der Waals surface area contributed by atoms with Crippen molar-refractivity contribution in [1.29, 1.82) is 0 Å². The zero-order chi connectivity index (χ0) is 18.3. The third-order valence-corrected chi connectivity index (χ3v) is 5.94. The van der Waals surface area contributed by atoms with Crippen LogP contribution in [0.1, 0.15) is 33.1 Å². The first-order valence-corrected chi connectivity index (χ1v) is 9.71. The highest BCUT2D eigenvalue weighted by Crippen LogP contribution is 2.44. The van der Waals surface area contributed by atoms with Gasteiger partial charge >= 0.3 is 6.03 Å². The summed E-state index contributed by atoms with van der Waals surface area (Å²) in [5.41, 5.74) is 3.31. The second-order valence-electron chi connectivity index (χ2n) is 8.24. The highest BCUT2D eigenvalue weighted by atomic mass is 16.2. The van der Waals surface area contributed by atoms with Crippen LogP contribution in [-0.2, 0) is 0 Å². The molecule has 2 aromatic rings. The number of likely N-dealkylation sites (N-methyl/N-ethyl adjacent to an activating group) is 1. The van der Waals surface area contributed by atoms with Crippen molar-refractivity contribution in [3.8, 4) is 0 Å². The number of hydrogen-bond donors (Lipinski definition) is 1. The van der Waals surface area contributed by atoms with Crippen LogP contribution in [0.2, 0.25) is 0 Å². The molecule has 0 bridgehead atoms. The zero-order valence-electron chi connectivity index (χ0n) is 16.0. The van der Waals surface area contributed by atoms with Crippen molar-refractivity contribution in [1.82, 2.24) is 19.8 Å². The fourth-order valence-corrected chi connectivity index (χ4v) is 3.95. The zero-order valence-corrected chi connectivity index (χ0v) is 16.0. The number of anilines is 1. The largest absolute Gasteiger partial charge is 0.367 e. The molecule has 1 spiro atoms. The normalized spacial score (nSPS) is 19.5. The lowest BCUT2D eigenvalue weighted by atomic mass is 10.1. The Labute approximate surface area is 155 Å². The van der Waals surface area contributed by atoms with Crippen molar-refractivity contribution in [2.24, 2.45) is 5.92 Å². The molecule has 1 N–H and O–H groups in total. The van der Waals surface area contributed by atoms with Gasteiger partial charge in [0.25, 0.3) is 0 Å². The highest BCUT2D eigenvalue weighted by molar-refractivity contribution is 5.95. The smallest absolute Gasteiger partial charge is 0.327 e. The van der Waals surface area contributed by atoms with Gasteiger partial charge in [0.05, 0.1) is 11.2 Å². The summed E-state index contributed by atoms with van der Waals surface area (Å²) in [6, 6.07) is 6.06. The molecule has 1 saturated carbocycles. The Morgan fingerprint density at radius 1 is 1.31 bits per heavy atom. The first-order chi connectivity index (χ1) is 12.5. The molecule has 4 rings (SSSR count). The van der Waals surface area contributed by atoms with Gasteiger partial charge in [-0.15, -0.1) is 0 Å². The summed E-state index contributed by atoms with van der Waals surface area (Å²) >= 11 is 0. The number of carbonyl (C=O) groups excluding carboxylic acids is 1. The minimum atomic E-state index is -0.0951. The topological polar surface area (TPSA) is 53.4 Å². The molecule has 0 radical (unpaired) electrons. The Morgan fingerprint density at radius 2 is 2.12 bits per heavy atom. The molecule has 1 aromatic heterocycles. The van der Waals surface area contributed by atoms with Crippen molar-refractivity contribution in [3.63, 3.8) is 0 Å². The number of rotatable bonds is 4. The lowest BCUT2D eigenvalue weighted by Gasteiger charge is -2.41. The third kappa shape index (κ3) is 3.07. The Morgan fingerprint density at radius 3 is 2.85 bits per heavy atom. The van der Waals surface area contributed by atoms with E-state index >= 15 is 0 Å². The molecule has 26 heavy (non-hydrogen) atoms. The molecule has 1 aliphatic carbocycles. The molecule has 1 aromatic carbocycles. The summed E-state index contributed by atoms with van der Waals surface area (Å²) in [7, 11) is 2.24. The Kier molecular flexibility index (Phi) is 4.39. The maximum atomic E-state index is 12.5. The molecule has 2 aliphatic rings. The van der Waals surface area contributed by atoms with Crippen LogP contribution in [0.4, 0.5) is 10.5 Å². The summed E-state index contributed by atoms with van der Waals surface area (Å²) in [5.74, 6) is 0.577. The molecule has 6 nitrogen and oxygen atoms in total. The van der Waals surface area contributed by atoms with Crippen LogP contribution in [0.25, 0.3) is 11.0 Å². The van der Waals surface area contributed by atoms with Crippen LogP contribution in [0, 0.1) is 5.92 Å². The first kappa shape index (κ1) is 17.3. The van der Waals surface area contributed by atoms with E-state index in [0.29, 0.717) is 18.0 Å². The van der Waals surface area contributed by atoms with Gasteiger partial charge in [0.2, 0.25) is 0 Å². The lowest BCUT2D eigenvalue weighted by molar-refractivity contribution is 0.199. The van der Waals surface area contributed by atoms with E-state index in [1.54, 1.807) is 10.9 Å². The molecular formula is C20H29N5O. The quantitative estimate of drug-likeness (QED) is 0.916. The number of para-hydroxylation sites is 1. The van der Waals surface area contributed by atoms with Crippen molar-refractivity contribution in [3.05, 3.63) is 24.5 Å². The average Bonchev–Trinajstić information content (AvgIpc) is 3.24. The van der Waals surface area contributed by atoms with Crippen LogP contribution in [0.3, 0.4) is 0 Å². The van der Waals surface area contributed by atoms with Crippen LogP contribution in [0.15, 0.2) is 24.5 Å². The van der Waals surface area contributed by atoms with Crippen molar-refractivity contribution < 1.29 is 4.79 Å². The molecule has 1 aliphatic heterocycles. The standard InChI is InChI=1S/C20H29N5O/c1-15(2)7-10-21-19(26)25-14-22-18-16(5-4-6-17(18)25)24-12-11-23(3)20(13-24)8-9-20/h4-6,14-15H,7-13H2,1-3H3,(H,21,26). The van der Waals surface area contributed by atoms with Crippen LogP contribution in [-0.4, -0.2) is 59.2 Å². The summed E-state index contributed by atoms with van der Waals surface area (Å²) in [6.45, 7) is 8.14. The molecule has 0 atom stereocenters. The summed E-state index contributed by atoms with van der Waals surface area (Å²) in [4.78, 5) is 22.1. The average molecular weight is 355 g/mol. The Balaban J connectivity index is 1.56. The van der Waals surface area contributed by atoms with Gasteiger partial charge < -0.3 is 10.2 Å². The number of benzene rings is 1. The predicted molar refractivity (Wildman–Crippen MR) is 105 cm³/mol. The maximum Gasteiger partial charge on any atom is 0.327 e. The molecule has 1 saturated heterocycles. The molecule has 0 unspecified atom stereocenters.